The van der Waals surface area contributed by atoms with E-state index in [0.29, 0.717) is 5.92 Å². The highest BCUT2D eigenvalue weighted by atomic mass is 16.2. The van der Waals surface area contributed by atoms with Gasteiger partial charge in [0.15, 0.2) is 0 Å². The summed E-state index contributed by atoms with van der Waals surface area (Å²) in [7, 11) is 1.86. The van der Waals surface area contributed by atoms with E-state index >= 15 is 0 Å². The molecule has 132 valence electrons. The van der Waals surface area contributed by atoms with Crippen LogP contribution in [0.3, 0.4) is 0 Å². The first-order valence-electron chi connectivity index (χ1n) is 8.99. The van der Waals surface area contributed by atoms with Crippen molar-refractivity contribution in [1.29, 1.82) is 0 Å². The third-order valence-electron chi connectivity index (χ3n) is 5.50. The van der Waals surface area contributed by atoms with E-state index in [2.05, 4.69) is 36.3 Å². The zero-order valence-corrected chi connectivity index (χ0v) is 15.3. The molecule has 0 saturated carbocycles. The SMILES string of the molecule is CN(C(=O)c1ccc(C2CCNCC2)cc1)C(C)(C)c1ccncc1. The predicted molar refractivity (Wildman–Crippen MR) is 101 cm³/mol. The van der Waals surface area contributed by atoms with Crippen molar-refractivity contribution in [2.24, 2.45) is 0 Å². The number of nitrogens with one attached hydrogen (secondary N) is 1. The molecule has 0 aliphatic carbocycles. The maximum atomic E-state index is 13.0. The van der Waals surface area contributed by atoms with Gasteiger partial charge >= 0.3 is 0 Å². The molecule has 0 radical (unpaired) electrons. The maximum Gasteiger partial charge on any atom is 0.254 e. The minimum atomic E-state index is -0.395. The van der Waals surface area contributed by atoms with Gasteiger partial charge in [-0.05, 0) is 81.1 Å². The number of carbonyl (C=O) groups excluding carboxylic acids is 1. The van der Waals surface area contributed by atoms with Gasteiger partial charge in [0.2, 0.25) is 0 Å². The van der Waals surface area contributed by atoms with E-state index in [-0.39, 0.29) is 5.91 Å². The Balaban J connectivity index is 1.75. The molecule has 1 aliphatic heterocycles. The van der Waals surface area contributed by atoms with E-state index < -0.39 is 5.54 Å². The standard InChI is InChI=1S/C21H27N3O/c1-21(2,19-10-14-23-15-11-19)24(3)20(25)18-6-4-16(5-7-18)17-8-12-22-13-9-17/h4-7,10-11,14-15,17,22H,8-9,12-13H2,1-3H3. The van der Waals surface area contributed by atoms with Crippen molar-refractivity contribution in [2.45, 2.75) is 38.1 Å². The topological polar surface area (TPSA) is 45.2 Å². The first-order valence-corrected chi connectivity index (χ1v) is 8.99. The molecular weight excluding hydrogens is 310 g/mol. The lowest BCUT2D eigenvalue weighted by atomic mass is 9.89. The Kier molecular flexibility index (Phi) is 5.19. The number of hydrogen-bond donors (Lipinski definition) is 1. The van der Waals surface area contributed by atoms with Gasteiger partial charge in [-0.1, -0.05) is 12.1 Å². The van der Waals surface area contributed by atoms with Gasteiger partial charge in [0.05, 0.1) is 5.54 Å². The summed E-state index contributed by atoms with van der Waals surface area (Å²) in [5.74, 6) is 0.648. The fourth-order valence-electron chi connectivity index (χ4n) is 3.45. The van der Waals surface area contributed by atoms with Crippen LogP contribution in [0.4, 0.5) is 0 Å². The lowest BCUT2D eigenvalue weighted by Crippen LogP contribution is -2.42. The lowest BCUT2D eigenvalue weighted by molar-refractivity contribution is 0.0622. The highest BCUT2D eigenvalue weighted by Crippen LogP contribution is 2.29. The Hall–Kier alpha value is -2.20. The van der Waals surface area contributed by atoms with Gasteiger partial charge in [-0.2, -0.15) is 0 Å². The van der Waals surface area contributed by atoms with Crippen molar-refractivity contribution in [2.75, 3.05) is 20.1 Å². The van der Waals surface area contributed by atoms with Crippen LogP contribution in [0, 0.1) is 0 Å². The Bertz CT molecular complexity index is 704. The monoisotopic (exact) mass is 337 g/mol. The first kappa shape index (κ1) is 17.6. The van der Waals surface area contributed by atoms with Gasteiger partial charge in [0, 0.05) is 25.0 Å². The molecule has 3 rings (SSSR count). The molecule has 1 aromatic carbocycles. The van der Waals surface area contributed by atoms with Crippen molar-refractivity contribution < 1.29 is 4.79 Å². The normalized spacial score (nSPS) is 15.8. The van der Waals surface area contributed by atoms with Gasteiger partial charge in [0.1, 0.15) is 0 Å². The molecule has 2 aromatic rings. The summed E-state index contributed by atoms with van der Waals surface area (Å²) in [5.41, 5.74) is 2.76. The van der Waals surface area contributed by atoms with Crippen LogP contribution in [0.2, 0.25) is 0 Å². The van der Waals surface area contributed by atoms with E-state index in [0.717, 1.165) is 24.2 Å². The molecule has 25 heavy (non-hydrogen) atoms. The number of rotatable bonds is 4. The van der Waals surface area contributed by atoms with E-state index in [1.165, 1.54) is 18.4 Å². The summed E-state index contributed by atoms with van der Waals surface area (Å²) in [5, 5.41) is 3.40. The van der Waals surface area contributed by atoms with Crippen molar-refractivity contribution in [3.8, 4) is 0 Å². The zero-order chi connectivity index (χ0) is 17.9. The van der Waals surface area contributed by atoms with Crippen LogP contribution >= 0.6 is 0 Å². The first-order chi connectivity index (χ1) is 12.0. The van der Waals surface area contributed by atoms with Crippen LogP contribution in [0.5, 0.6) is 0 Å². The Labute approximate surface area is 150 Å². The average molecular weight is 337 g/mol. The van der Waals surface area contributed by atoms with Gasteiger partial charge in [-0.15, -0.1) is 0 Å². The van der Waals surface area contributed by atoms with Gasteiger partial charge in [-0.25, -0.2) is 0 Å². The lowest BCUT2D eigenvalue weighted by Gasteiger charge is -2.36. The molecule has 1 N–H and O–H groups in total. The van der Waals surface area contributed by atoms with E-state index in [1.54, 1.807) is 12.4 Å². The number of piperidine rings is 1. The molecule has 1 aromatic heterocycles. The van der Waals surface area contributed by atoms with Crippen LogP contribution in [-0.2, 0) is 5.54 Å². The summed E-state index contributed by atoms with van der Waals surface area (Å²) in [6.45, 7) is 6.27. The molecule has 1 saturated heterocycles. The molecule has 4 heteroatoms. The van der Waals surface area contributed by atoms with Crippen LogP contribution in [0.1, 0.15) is 54.1 Å². The van der Waals surface area contributed by atoms with Crippen LogP contribution in [-0.4, -0.2) is 35.9 Å². The van der Waals surface area contributed by atoms with Crippen molar-refractivity contribution >= 4 is 5.91 Å². The number of nitrogens with zero attached hydrogens (tertiary/aromatic N) is 2. The molecule has 0 bridgehead atoms. The summed E-state index contributed by atoms with van der Waals surface area (Å²) in [4.78, 5) is 18.8. The molecule has 0 unspecified atom stereocenters. The second kappa shape index (κ2) is 7.36. The fraction of sp³-hybridized carbons (Fsp3) is 0.429. The summed E-state index contributed by atoms with van der Waals surface area (Å²) in [6, 6.07) is 12.1. The Morgan fingerprint density at radius 3 is 2.28 bits per heavy atom. The van der Waals surface area contributed by atoms with Gasteiger partial charge in [0.25, 0.3) is 5.91 Å². The molecule has 2 heterocycles. The Morgan fingerprint density at radius 2 is 1.68 bits per heavy atom. The van der Waals surface area contributed by atoms with Crippen molar-refractivity contribution in [3.63, 3.8) is 0 Å². The second-order valence-electron chi connectivity index (χ2n) is 7.31. The van der Waals surface area contributed by atoms with E-state index in [9.17, 15) is 4.79 Å². The summed E-state index contributed by atoms with van der Waals surface area (Å²) < 4.78 is 0. The highest BCUT2D eigenvalue weighted by molar-refractivity contribution is 5.94. The molecule has 1 amide bonds. The van der Waals surface area contributed by atoms with Crippen molar-refractivity contribution in [3.05, 3.63) is 65.5 Å². The molecule has 0 atom stereocenters. The average Bonchev–Trinajstić information content (AvgIpc) is 2.68. The maximum absolute atomic E-state index is 13.0. The fourth-order valence-corrected chi connectivity index (χ4v) is 3.45. The molecule has 4 nitrogen and oxygen atoms in total. The molecule has 0 spiro atoms. The molecule has 1 aliphatic rings. The van der Waals surface area contributed by atoms with Gasteiger partial charge in [-0.3, -0.25) is 9.78 Å². The third-order valence-corrected chi connectivity index (χ3v) is 5.50. The summed E-state index contributed by atoms with van der Waals surface area (Å²) >= 11 is 0. The second-order valence-corrected chi connectivity index (χ2v) is 7.31. The number of carbonyl (C=O) groups is 1. The van der Waals surface area contributed by atoms with Gasteiger partial charge < -0.3 is 10.2 Å². The zero-order valence-electron chi connectivity index (χ0n) is 15.3. The van der Waals surface area contributed by atoms with E-state index in [1.807, 2.05) is 36.2 Å². The smallest absolute Gasteiger partial charge is 0.254 e. The number of pyridine rings is 1. The number of hydrogen-bond acceptors (Lipinski definition) is 3. The van der Waals surface area contributed by atoms with E-state index in [4.69, 9.17) is 0 Å². The highest BCUT2D eigenvalue weighted by Gasteiger charge is 2.30. The quantitative estimate of drug-likeness (QED) is 0.928. The van der Waals surface area contributed by atoms with Crippen LogP contribution in [0.15, 0.2) is 48.8 Å². The molecule has 1 fully saturated rings. The largest absolute Gasteiger partial charge is 0.333 e. The number of aromatic nitrogens is 1. The third kappa shape index (κ3) is 3.74. The predicted octanol–water partition coefficient (Wildman–Crippen LogP) is 3.56. The number of benzene rings is 1. The minimum absolute atomic E-state index is 0.0404. The summed E-state index contributed by atoms with van der Waals surface area (Å²) in [6.07, 6.45) is 5.87. The minimum Gasteiger partial charge on any atom is -0.333 e. The Morgan fingerprint density at radius 1 is 1.08 bits per heavy atom. The van der Waals surface area contributed by atoms with Crippen LogP contribution < -0.4 is 5.32 Å². The molecular formula is C21H27N3O. The van der Waals surface area contributed by atoms with Crippen LogP contribution in [0.25, 0.3) is 0 Å². The van der Waals surface area contributed by atoms with Crippen molar-refractivity contribution in [1.82, 2.24) is 15.2 Å². The number of amides is 1.